The van der Waals surface area contributed by atoms with Gasteiger partial charge in [0.25, 0.3) is 0 Å². The Labute approximate surface area is 118 Å². The molecule has 1 saturated carbocycles. The Morgan fingerprint density at radius 2 is 1.70 bits per heavy atom. The number of amides is 1. The summed E-state index contributed by atoms with van der Waals surface area (Å²) >= 11 is 0. The van der Waals surface area contributed by atoms with Gasteiger partial charge in [0.2, 0.25) is 5.91 Å². The number of carbonyl (C=O) groups is 1. The minimum atomic E-state index is 0.202. The molecule has 2 aliphatic heterocycles. The lowest BCUT2D eigenvalue weighted by atomic mass is 10.1. The number of nitrogens with zero attached hydrogens (tertiary/aromatic N) is 1. The van der Waals surface area contributed by atoms with Crippen molar-refractivity contribution in [3.63, 3.8) is 0 Å². The Bertz CT molecular complexity index is 490. The van der Waals surface area contributed by atoms with Crippen LogP contribution in [0.3, 0.4) is 0 Å². The van der Waals surface area contributed by atoms with Crippen LogP contribution in [0.25, 0.3) is 0 Å². The molecule has 0 aromatic heterocycles. The van der Waals surface area contributed by atoms with Gasteiger partial charge in [0.15, 0.2) is 0 Å². The number of fused-ring (bicyclic) bond motifs is 1. The molecular formula is C16H19NO3. The van der Waals surface area contributed by atoms with Crippen molar-refractivity contribution in [3.05, 3.63) is 35.9 Å². The maximum atomic E-state index is 12.8. The summed E-state index contributed by atoms with van der Waals surface area (Å²) in [4.78, 5) is 14.8. The molecule has 2 heterocycles. The van der Waals surface area contributed by atoms with Crippen molar-refractivity contribution < 1.29 is 14.3 Å². The normalized spacial score (nSPS) is 31.5. The highest BCUT2D eigenvalue weighted by molar-refractivity contribution is 5.83. The molecule has 1 aromatic carbocycles. The van der Waals surface area contributed by atoms with Gasteiger partial charge < -0.3 is 14.4 Å². The quantitative estimate of drug-likeness (QED) is 0.830. The molecule has 0 spiro atoms. The maximum absolute atomic E-state index is 12.8. The number of hydrogen-bond donors (Lipinski definition) is 0. The SMILES string of the molecule is O=C(C1[C@H]2COC[C@@H]12)N(Cc1ccccc1)C1COC1. The van der Waals surface area contributed by atoms with Crippen molar-refractivity contribution in [1.82, 2.24) is 4.90 Å². The third kappa shape index (κ3) is 2.03. The highest BCUT2D eigenvalue weighted by Crippen LogP contribution is 2.51. The highest BCUT2D eigenvalue weighted by atomic mass is 16.5. The highest BCUT2D eigenvalue weighted by Gasteiger charge is 2.59. The predicted octanol–water partition coefficient (Wildman–Crippen LogP) is 1.31. The lowest BCUT2D eigenvalue weighted by molar-refractivity contribution is -0.148. The van der Waals surface area contributed by atoms with E-state index in [2.05, 4.69) is 12.1 Å². The Morgan fingerprint density at radius 3 is 2.30 bits per heavy atom. The van der Waals surface area contributed by atoms with Crippen LogP contribution in [-0.4, -0.2) is 43.3 Å². The van der Waals surface area contributed by atoms with E-state index in [1.165, 1.54) is 5.56 Å². The van der Waals surface area contributed by atoms with E-state index in [0.29, 0.717) is 37.5 Å². The number of rotatable bonds is 4. The standard InChI is InChI=1S/C16H19NO3/c18-16(15-13-9-20-10-14(13)15)17(12-7-19-8-12)6-11-4-2-1-3-5-11/h1-5,12-15H,6-10H2/t13-,14+,15?. The summed E-state index contributed by atoms with van der Waals surface area (Å²) in [6.45, 7) is 3.58. The van der Waals surface area contributed by atoms with Crippen LogP contribution in [0.15, 0.2) is 30.3 Å². The Hall–Kier alpha value is -1.39. The summed E-state index contributed by atoms with van der Waals surface area (Å²) in [7, 11) is 0. The zero-order valence-corrected chi connectivity index (χ0v) is 11.4. The molecule has 106 valence electrons. The van der Waals surface area contributed by atoms with Crippen LogP contribution in [0.4, 0.5) is 0 Å². The van der Waals surface area contributed by atoms with E-state index in [1.807, 2.05) is 23.1 Å². The van der Waals surface area contributed by atoms with E-state index in [4.69, 9.17) is 9.47 Å². The fourth-order valence-electron chi connectivity index (χ4n) is 3.37. The van der Waals surface area contributed by atoms with Gasteiger partial charge in [-0.15, -0.1) is 0 Å². The lowest BCUT2D eigenvalue weighted by Crippen LogP contribution is -2.52. The molecule has 4 heteroatoms. The molecule has 3 fully saturated rings. The molecule has 1 aliphatic carbocycles. The van der Waals surface area contributed by atoms with Gasteiger partial charge in [0, 0.05) is 12.5 Å². The number of carbonyl (C=O) groups excluding carboxylic acids is 1. The molecule has 3 atom stereocenters. The van der Waals surface area contributed by atoms with Crippen molar-refractivity contribution in [1.29, 1.82) is 0 Å². The smallest absolute Gasteiger partial charge is 0.227 e. The van der Waals surface area contributed by atoms with E-state index in [9.17, 15) is 4.79 Å². The maximum Gasteiger partial charge on any atom is 0.227 e. The molecule has 4 rings (SSSR count). The molecule has 0 N–H and O–H groups in total. The number of ether oxygens (including phenoxy) is 2. The Kier molecular flexibility index (Phi) is 3.00. The second-order valence-electron chi connectivity index (χ2n) is 6.03. The lowest BCUT2D eigenvalue weighted by Gasteiger charge is -2.38. The Balaban J connectivity index is 1.49. The molecule has 1 aromatic rings. The van der Waals surface area contributed by atoms with E-state index >= 15 is 0 Å². The fourth-order valence-corrected chi connectivity index (χ4v) is 3.37. The number of benzene rings is 1. The molecule has 1 unspecified atom stereocenters. The van der Waals surface area contributed by atoms with Gasteiger partial charge in [-0.05, 0) is 17.4 Å². The molecule has 2 saturated heterocycles. The van der Waals surface area contributed by atoms with Crippen molar-refractivity contribution in [2.75, 3.05) is 26.4 Å². The Morgan fingerprint density at radius 1 is 1.05 bits per heavy atom. The van der Waals surface area contributed by atoms with Crippen LogP contribution in [0.2, 0.25) is 0 Å². The van der Waals surface area contributed by atoms with E-state index in [-0.39, 0.29) is 12.0 Å². The van der Waals surface area contributed by atoms with Crippen LogP contribution >= 0.6 is 0 Å². The van der Waals surface area contributed by atoms with Crippen LogP contribution in [-0.2, 0) is 20.8 Å². The average molecular weight is 273 g/mol. The summed E-state index contributed by atoms with van der Waals surface area (Å²) in [5.41, 5.74) is 1.19. The first-order valence-corrected chi connectivity index (χ1v) is 7.34. The summed E-state index contributed by atoms with van der Waals surface area (Å²) in [5.74, 6) is 1.46. The van der Waals surface area contributed by atoms with Gasteiger partial charge in [-0.1, -0.05) is 30.3 Å². The van der Waals surface area contributed by atoms with Crippen LogP contribution < -0.4 is 0 Å². The second-order valence-corrected chi connectivity index (χ2v) is 6.03. The molecule has 0 bridgehead atoms. The minimum Gasteiger partial charge on any atom is -0.381 e. The van der Waals surface area contributed by atoms with E-state index < -0.39 is 0 Å². The molecule has 3 aliphatic rings. The topological polar surface area (TPSA) is 38.8 Å². The zero-order chi connectivity index (χ0) is 13.5. The van der Waals surface area contributed by atoms with Gasteiger partial charge in [0.1, 0.15) is 0 Å². The van der Waals surface area contributed by atoms with Gasteiger partial charge in [-0.25, -0.2) is 0 Å². The largest absolute Gasteiger partial charge is 0.381 e. The monoisotopic (exact) mass is 273 g/mol. The summed E-state index contributed by atoms with van der Waals surface area (Å²) in [6.07, 6.45) is 0. The fraction of sp³-hybridized carbons (Fsp3) is 0.562. The first-order valence-electron chi connectivity index (χ1n) is 7.34. The summed E-state index contributed by atoms with van der Waals surface area (Å²) < 4.78 is 10.7. The molecule has 20 heavy (non-hydrogen) atoms. The van der Waals surface area contributed by atoms with E-state index in [1.54, 1.807) is 0 Å². The van der Waals surface area contributed by atoms with Crippen molar-refractivity contribution in [2.24, 2.45) is 17.8 Å². The minimum absolute atomic E-state index is 0.202. The van der Waals surface area contributed by atoms with E-state index in [0.717, 1.165) is 13.2 Å². The van der Waals surface area contributed by atoms with Crippen LogP contribution in [0.1, 0.15) is 5.56 Å². The van der Waals surface area contributed by atoms with Crippen molar-refractivity contribution in [3.8, 4) is 0 Å². The van der Waals surface area contributed by atoms with Gasteiger partial charge in [-0.3, -0.25) is 4.79 Å². The third-order valence-corrected chi connectivity index (χ3v) is 4.78. The second kappa shape index (κ2) is 4.86. The first-order chi connectivity index (χ1) is 9.84. The van der Waals surface area contributed by atoms with Crippen molar-refractivity contribution >= 4 is 5.91 Å². The van der Waals surface area contributed by atoms with Gasteiger partial charge >= 0.3 is 0 Å². The predicted molar refractivity (Wildman–Crippen MR) is 72.9 cm³/mol. The van der Waals surface area contributed by atoms with Gasteiger partial charge in [-0.2, -0.15) is 0 Å². The first kappa shape index (κ1) is 12.4. The molecular weight excluding hydrogens is 254 g/mol. The van der Waals surface area contributed by atoms with Gasteiger partial charge in [0.05, 0.1) is 32.5 Å². The molecule has 4 nitrogen and oxygen atoms in total. The summed E-state index contributed by atoms with van der Waals surface area (Å²) in [6, 6.07) is 10.5. The summed E-state index contributed by atoms with van der Waals surface area (Å²) in [5, 5.41) is 0. The number of hydrogen-bond acceptors (Lipinski definition) is 3. The zero-order valence-electron chi connectivity index (χ0n) is 11.4. The van der Waals surface area contributed by atoms with Crippen molar-refractivity contribution in [2.45, 2.75) is 12.6 Å². The molecule has 0 radical (unpaired) electrons. The average Bonchev–Trinajstić information content (AvgIpc) is 2.89. The van der Waals surface area contributed by atoms with Crippen LogP contribution in [0.5, 0.6) is 0 Å². The van der Waals surface area contributed by atoms with Crippen LogP contribution in [0, 0.1) is 17.8 Å². The molecule has 1 amide bonds. The third-order valence-electron chi connectivity index (χ3n) is 4.78.